The fourth-order valence-electron chi connectivity index (χ4n) is 9.84. The van der Waals surface area contributed by atoms with Crippen molar-refractivity contribution in [1.29, 1.82) is 0 Å². The summed E-state index contributed by atoms with van der Waals surface area (Å²) in [7, 11) is 0. The molecule has 39 heavy (non-hydrogen) atoms. The van der Waals surface area contributed by atoms with E-state index in [1.807, 2.05) is 0 Å². The van der Waals surface area contributed by atoms with Crippen molar-refractivity contribution in [3.63, 3.8) is 0 Å². The zero-order valence-corrected chi connectivity index (χ0v) is 25.5. The van der Waals surface area contributed by atoms with Crippen LogP contribution in [-0.4, -0.2) is 64.4 Å². The number of nitrogens with two attached hydrogens (primary N) is 1. The molecule has 224 valence electrons. The number of carboxylic acids is 1. The highest BCUT2D eigenvalue weighted by atomic mass is 16.5. The average Bonchev–Trinajstić information content (AvgIpc) is 3.09. The second-order valence-electron chi connectivity index (χ2n) is 15.2. The summed E-state index contributed by atoms with van der Waals surface area (Å²) in [6.45, 7) is 15.6. The van der Waals surface area contributed by atoms with Crippen molar-refractivity contribution in [3.05, 3.63) is 0 Å². The molecule has 0 aromatic heterocycles. The van der Waals surface area contributed by atoms with Crippen molar-refractivity contribution >= 4 is 11.9 Å². The molecule has 9 atom stereocenters. The van der Waals surface area contributed by atoms with Crippen molar-refractivity contribution in [3.8, 4) is 0 Å². The van der Waals surface area contributed by atoms with Crippen LogP contribution in [0.2, 0.25) is 0 Å². The summed E-state index contributed by atoms with van der Waals surface area (Å²) in [5.74, 6) is 1.10. The Morgan fingerprint density at radius 3 is 2.21 bits per heavy atom. The van der Waals surface area contributed by atoms with E-state index in [-0.39, 0.29) is 35.2 Å². The Hall–Kier alpha value is -1.18. The molecule has 4 N–H and O–H groups in total. The van der Waals surface area contributed by atoms with Crippen molar-refractivity contribution in [1.82, 2.24) is 4.90 Å². The Morgan fingerprint density at radius 1 is 0.923 bits per heavy atom. The Labute approximate surface area is 236 Å². The number of hydrogen-bond acceptors (Lipinski definition) is 6. The predicted octanol–water partition coefficient (Wildman–Crippen LogP) is 5.09. The molecular formula is C32H56N2O5. The van der Waals surface area contributed by atoms with E-state index < -0.39 is 17.6 Å². The summed E-state index contributed by atoms with van der Waals surface area (Å²) in [6, 6.07) is 0. The third-order valence-electron chi connectivity index (χ3n) is 11.7. The highest BCUT2D eigenvalue weighted by Gasteiger charge is 2.67. The third-order valence-corrected chi connectivity index (χ3v) is 11.7. The molecule has 7 nitrogen and oxygen atoms in total. The second kappa shape index (κ2) is 11.6. The first-order valence-corrected chi connectivity index (χ1v) is 15.8. The number of hydrogen-bond donors (Lipinski definition) is 3. The molecule has 0 heterocycles. The Kier molecular flexibility index (Phi) is 9.15. The van der Waals surface area contributed by atoms with Crippen LogP contribution < -0.4 is 5.73 Å². The van der Waals surface area contributed by atoms with Gasteiger partial charge < -0.3 is 25.6 Å². The van der Waals surface area contributed by atoms with E-state index in [0.717, 1.165) is 64.5 Å². The number of carboxylic acid groups (broad SMARTS) is 1. The molecule has 4 fully saturated rings. The molecule has 4 aliphatic rings. The lowest BCUT2D eigenvalue weighted by Crippen LogP contribution is -2.66. The van der Waals surface area contributed by atoms with Crippen LogP contribution in [0.15, 0.2) is 0 Å². The second-order valence-corrected chi connectivity index (χ2v) is 15.2. The van der Waals surface area contributed by atoms with E-state index in [4.69, 9.17) is 10.5 Å². The molecule has 0 aromatic carbocycles. The molecule has 0 radical (unpaired) electrons. The van der Waals surface area contributed by atoms with Gasteiger partial charge in [0.25, 0.3) is 0 Å². The topological polar surface area (TPSA) is 113 Å². The first-order chi connectivity index (χ1) is 18.2. The highest BCUT2D eigenvalue weighted by Crippen LogP contribution is 2.68. The molecule has 0 saturated heterocycles. The lowest BCUT2D eigenvalue weighted by molar-refractivity contribution is -0.169. The van der Waals surface area contributed by atoms with Crippen molar-refractivity contribution in [2.45, 2.75) is 123 Å². The Bertz CT molecular complexity index is 884. The molecule has 4 aliphatic carbocycles. The minimum absolute atomic E-state index is 0.0504. The summed E-state index contributed by atoms with van der Waals surface area (Å²) in [5, 5.41) is 20.6. The maximum atomic E-state index is 12.8. The maximum Gasteiger partial charge on any atom is 0.308 e. The summed E-state index contributed by atoms with van der Waals surface area (Å²) >= 11 is 0. The number of aliphatic hydroxyl groups is 1. The molecule has 0 aromatic rings. The number of carbonyl (C=O) groups is 2. The van der Waals surface area contributed by atoms with Crippen LogP contribution in [0.25, 0.3) is 0 Å². The molecule has 4 saturated carbocycles. The van der Waals surface area contributed by atoms with Crippen LogP contribution in [0.4, 0.5) is 0 Å². The molecule has 7 heteroatoms. The van der Waals surface area contributed by atoms with Gasteiger partial charge in [0.05, 0.1) is 18.4 Å². The van der Waals surface area contributed by atoms with Gasteiger partial charge in [-0.05, 0) is 98.2 Å². The first-order valence-electron chi connectivity index (χ1n) is 15.8. The minimum Gasteiger partial charge on any atom is -0.481 e. The van der Waals surface area contributed by atoms with Gasteiger partial charge in [-0.15, -0.1) is 0 Å². The smallest absolute Gasteiger partial charge is 0.308 e. The van der Waals surface area contributed by atoms with Gasteiger partial charge in [-0.2, -0.15) is 0 Å². The molecule has 0 aliphatic heterocycles. The van der Waals surface area contributed by atoms with Gasteiger partial charge >= 0.3 is 11.9 Å². The van der Waals surface area contributed by atoms with Crippen LogP contribution in [0.1, 0.15) is 106 Å². The standard InChI is InChI=1S/C32H56N2O5/c1-20(2)17-34(18-21(3)4)19-23(35)16-28(36)39-24-9-12-30(5)22(15-24)7-8-26-25(30)10-13-31(6)27(29(37)38)11-14-32(26,31)33/h20-27,35H,7-19,33H2,1-6H3,(H,37,38)/t22?,23?,24?,25-,26-,27?,30+,31-,32-/m1/s1. The Balaban J connectivity index is 1.33. The molecule has 0 spiro atoms. The SMILES string of the molecule is CC(C)CN(CC(C)C)CC(O)CC(=O)OC1CC[C@@]2(C)C(CC[C@@H]3[C@H]2CC[C@]2(C)C(C(=O)O)CC[C@@]32N)C1. The van der Waals surface area contributed by atoms with Crippen molar-refractivity contribution < 1.29 is 24.5 Å². The van der Waals surface area contributed by atoms with E-state index in [1.54, 1.807) is 0 Å². The minimum atomic E-state index is -0.711. The van der Waals surface area contributed by atoms with Gasteiger partial charge in [-0.25, -0.2) is 0 Å². The lowest BCUT2D eigenvalue weighted by atomic mass is 9.42. The van der Waals surface area contributed by atoms with Crippen LogP contribution in [0.5, 0.6) is 0 Å². The normalized spacial score (nSPS) is 40.7. The molecule has 4 unspecified atom stereocenters. The summed E-state index contributed by atoms with van der Waals surface area (Å²) in [4.78, 5) is 27.2. The van der Waals surface area contributed by atoms with Crippen LogP contribution in [0, 0.1) is 46.3 Å². The molecule has 4 rings (SSSR count). The van der Waals surface area contributed by atoms with Crippen molar-refractivity contribution in [2.75, 3.05) is 19.6 Å². The Morgan fingerprint density at radius 2 is 1.59 bits per heavy atom. The van der Waals surface area contributed by atoms with E-state index in [1.165, 1.54) is 0 Å². The number of nitrogens with zero attached hydrogens (tertiary/aromatic N) is 1. The zero-order valence-electron chi connectivity index (χ0n) is 25.5. The maximum absolute atomic E-state index is 12.8. The summed E-state index contributed by atoms with van der Waals surface area (Å²) in [6.07, 6.45) is 7.60. The van der Waals surface area contributed by atoms with Crippen LogP contribution >= 0.6 is 0 Å². The highest BCUT2D eigenvalue weighted by molar-refractivity contribution is 5.72. The summed E-state index contributed by atoms with van der Waals surface area (Å²) < 4.78 is 5.97. The van der Waals surface area contributed by atoms with Gasteiger partial charge in [0, 0.05) is 25.2 Å². The molecule has 0 bridgehead atoms. The largest absolute Gasteiger partial charge is 0.481 e. The number of aliphatic carboxylic acids is 1. The van der Waals surface area contributed by atoms with Gasteiger partial charge in [-0.3, -0.25) is 9.59 Å². The predicted molar refractivity (Wildman–Crippen MR) is 153 cm³/mol. The average molecular weight is 549 g/mol. The fourth-order valence-corrected chi connectivity index (χ4v) is 9.84. The molecule has 0 amide bonds. The number of esters is 1. The zero-order chi connectivity index (χ0) is 28.8. The number of aliphatic hydroxyl groups excluding tert-OH is 1. The van der Waals surface area contributed by atoms with Gasteiger partial charge in [0.15, 0.2) is 0 Å². The number of carbonyl (C=O) groups excluding carboxylic acids is 1. The van der Waals surface area contributed by atoms with Crippen LogP contribution in [-0.2, 0) is 14.3 Å². The van der Waals surface area contributed by atoms with Crippen LogP contribution in [0.3, 0.4) is 0 Å². The van der Waals surface area contributed by atoms with E-state index in [2.05, 4.69) is 46.4 Å². The number of fused-ring (bicyclic) bond motifs is 5. The third kappa shape index (κ3) is 5.92. The van der Waals surface area contributed by atoms with E-state index in [9.17, 15) is 19.8 Å². The number of ether oxygens (including phenoxy) is 1. The van der Waals surface area contributed by atoms with Gasteiger partial charge in [0.2, 0.25) is 0 Å². The molecular weight excluding hydrogens is 492 g/mol. The van der Waals surface area contributed by atoms with E-state index >= 15 is 0 Å². The number of rotatable bonds is 10. The lowest BCUT2D eigenvalue weighted by Gasteiger charge is -2.64. The van der Waals surface area contributed by atoms with Gasteiger partial charge in [0.1, 0.15) is 6.10 Å². The summed E-state index contributed by atoms with van der Waals surface area (Å²) in [5.41, 5.74) is 6.67. The van der Waals surface area contributed by atoms with E-state index in [0.29, 0.717) is 42.6 Å². The first kappa shape index (κ1) is 30.8. The monoisotopic (exact) mass is 548 g/mol. The quantitative estimate of drug-likeness (QED) is 0.326. The van der Waals surface area contributed by atoms with Crippen molar-refractivity contribution in [2.24, 2.45) is 52.1 Å². The van der Waals surface area contributed by atoms with Gasteiger partial charge in [-0.1, -0.05) is 41.5 Å². The fraction of sp³-hybridized carbons (Fsp3) is 0.938.